The van der Waals surface area contributed by atoms with Gasteiger partial charge in [-0.15, -0.1) is 12.4 Å². The number of para-hydroxylation sites is 1. The smallest absolute Gasteiger partial charge is 0.253 e. The number of halogens is 1. The van der Waals surface area contributed by atoms with Crippen LogP contribution in [0.25, 0.3) is 0 Å². The largest absolute Gasteiger partial charge is 0.457 e. The molecular weight excluding hydrogens is 336 g/mol. The van der Waals surface area contributed by atoms with Gasteiger partial charge in [-0.1, -0.05) is 32.0 Å². The van der Waals surface area contributed by atoms with Crippen LogP contribution in [0.15, 0.2) is 54.6 Å². The predicted octanol–water partition coefficient (Wildman–Crippen LogP) is 4.35. The second-order valence-corrected chi connectivity index (χ2v) is 6.36. The highest BCUT2D eigenvalue weighted by molar-refractivity contribution is 5.94. The van der Waals surface area contributed by atoms with Crippen LogP contribution in [0.4, 0.5) is 0 Å². The summed E-state index contributed by atoms with van der Waals surface area (Å²) in [6, 6.07) is 16.9. The normalized spacial score (nSPS) is 11.6. The zero-order valence-corrected chi connectivity index (χ0v) is 15.8. The number of nitrogens with zero attached hydrogens (tertiary/aromatic N) is 1. The van der Waals surface area contributed by atoms with Crippen molar-refractivity contribution in [2.24, 2.45) is 11.7 Å². The van der Waals surface area contributed by atoms with Gasteiger partial charge in [0, 0.05) is 25.2 Å². The fourth-order valence-electron chi connectivity index (χ4n) is 2.29. The standard InChI is InChI=1S/C20H26N2O2.ClH/c1-15(2)19(21)13-14-22(3)20(23)16-9-11-18(12-10-16)24-17-7-5-4-6-8-17;/h4-12,15,19H,13-14,21H2,1-3H3;1H. The highest BCUT2D eigenvalue weighted by Gasteiger charge is 2.14. The summed E-state index contributed by atoms with van der Waals surface area (Å²) >= 11 is 0. The maximum absolute atomic E-state index is 12.4. The van der Waals surface area contributed by atoms with Crippen molar-refractivity contribution in [3.8, 4) is 11.5 Å². The molecule has 25 heavy (non-hydrogen) atoms. The minimum Gasteiger partial charge on any atom is -0.457 e. The maximum Gasteiger partial charge on any atom is 0.253 e. The Kier molecular flexibility index (Phi) is 8.46. The van der Waals surface area contributed by atoms with Crippen LogP contribution in [-0.2, 0) is 0 Å². The molecule has 0 aromatic heterocycles. The number of hydrogen-bond acceptors (Lipinski definition) is 3. The molecule has 0 fully saturated rings. The first-order valence-electron chi connectivity index (χ1n) is 8.31. The minimum atomic E-state index is -0.00258. The summed E-state index contributed by atoms with van der Waals surface area (Å²) < 4.78 is 5.74. The molecule has 1 unspecified atom stereocenters. The lowest BCUT2D eigenvalue weighted by atomic mass is 10.0. The maximum atomic E-state index is 12.4. The van der Waals surface area contributed by atoms with Gasteiger partial charge in [-0.3, -0.25) is 4.79 Å². The monoisotopic (exact) mass is 362 g/mol. The zero-order valence-electron chi connectivity index (χ0n) is 15.0. The van der Waals surface area contributed by atoms with Crippen LogP contribution in [0, 0.1) is 5.92 Å². The number of carbonyl (C=O) groups is 1. The molecule has 2 aromatic carbocycles. The number of hydrogen-bond donors (Lipinski definition) is 1. The van der Waals surface area contributed by atoms with Gasteiger partial charge in [-0.05, 0) is 48.7 Å². The van der Waals surface area contributed by atoms with Gasteiger partial charge in [0.05, 0.1) is 0 Å². The highest BCUT2D eigenvalue weighted by atomic mass is 35.5. The lowest BCUT2D eigenvalue weighted by Crippen LogP contribution is -2.34. The topological polar surface area (TPSA) is 55.6 Å². The van der Waals surface area contributed by atoms with Gasteiger partial charge in [0.15, 0.2) is 0 Å². The van der Waals surface area contributed by atoms with Gasteiger partial charge in [0.25, 0.3) is 5.91 Å². The Morgan fingerprint density at radius 2 is 1.60 bits per heavy atom. The van der Waals surface area contributed by atoms with E-state index in [0.29, 0.717) is 23.8 Å². The van der Waals surface area contributed by atoms with E-state index in [1.54, 1.807) is 17.0 Å². The number of nitrogens with two attached hydrogens (primary N) is 1. The quantitative estimate of drug-likeness (QED) is 0.796. The Bertz CT molecular complexity index is 645. The molecule has 1 amide bonds. The molecule has 2 rings (SSSR count). The molecule has 0 saturated heterocycles. The van der Waals surface area contributed by atoms with Crippen molar-refractivity contribution < 1.29 is 9.53 Å². The number of rotatable bonds is 7. The molecule has 0 saturated carbocycles. The van der Waals surface area contributed by atoms with E-state index in [1.807, 2.05) is 49.5 Å². The third-order valence-corrected chi connectivity index (χ3v) is 4.08. The van der Waals surface area contributed by atoms with E-state index < -0.39 is 0 Å². The first-order chi connectivity index (χ1) is 11.5. The number of ether oxygens (including phenoxy) is 1. The molecule has 136 valence electrons. The summed E-state index contributed by atoms with van der Waals surface area (Å²) in [5.74, 6) is 1.90. The van der Waals surface area contributed by atoms with Crippen molar-refractivity contribution in [1.82, 2.24) is 4.90 Å². The predicted molar refractivity (Wildman–Crippen MR) is 105 cm³/mol. The fraction of sp³-hybridized carbons (Fsp3) is 0.350. The third kappa shape index (κ3) is 6.40. The van der Waals surface area contributed by atoms with Crippen molar-refractivity contribution in [1.29, 1.82) is 0 Å². The fourth-order valence-corrected chi connectivity index (χ4v) is 2.29. The van der Waals surface area contributed by atoms with Crippen molar-refractivity contribution in [3.63, 3.8) is 0 Å². The molecule has 0 aliphatic heterocycles. The molecule has 4 nitrogen and oxygen atoms in total. The Morgan fingerprint density at radius 3 is 2.16 bits per heavy atom. The number of benzene rings is 2. The molecule has 2 aromatic rings. The molecule has 1 atom stereocenters. The third-order valence-electron chi connectivity index (χ3n) is 4.08. The molecule has 0 aliphatic rings. The van der Waals surface area contributed by atoms with E-state index in [-0.39, 0.29) is 24.4 Å². The van der Waals surface area contributed by atoms with Crippen molar-refractivity contribution >= 4 is 18.3 Å². The van der Waals surface area contributed by atoms with Crippen molar-refractivity contribution in [2.75, 3.05) is 13.6 Å². The van der Waals surface area contributed by atoms with Gasteiger partial charge in [0.2, 0.25) is 0 Å². The lowest BCUT2D eigenvalue weighted by molar-refractivity contribution is 0.0789. The van der Waals surface area contributed by atoms with Crippen LogP contribution >= 0.6 is 12.4 Å². The van der Waals surface area contributed by atoms with Gasteiger partial charge in [-0.25, -0.2) is 0 Å². The van der Waals surface area contributed by atoms with Crippen LogP contribution in [0.5, 0.6) is 11.5 Å². The van der Waals surface area contributed by atoms with E-state index >= 15 is 0 Å². The van der Waals surface area contributed by atoms with Crippen LogP contribution in [0.3, 0.4) is 0 Å². The summed E-state index contributed by atoms with van der Waals surface area (Å²) in [6.45, 7) is 4.84. The minimum absolute atomic E-state index is 0. The molecule has 0 radical (unpaired) electrons. The number of carbonyl (C=O) groups excluding carboxylic acids is 1. The van der Waals surface area contributed by atoms with Gasteiger partial charge in [-0.2, -0.15) is 0 Å². The van der Waals surface area contributed by atoms with Gasteiger partial charge in [0.1, 0.15) is 11.5 Å². The second kappa shape index (κ2) is 10.1. The number of amides is 1. The average Bonchev–Trinajstić information content (AvgIpc) is 2.60. The molecular formula is C20H27ClN2O2. The Balaban J connectivity index is 0.00000312. The summed E-state index contributed by atoms with van der Waals surface area (Å²) in [5, 5.41) is 0. The van der Waals surface area contributed by atoms with Crippen molar-refractivity contribution in [3.05, 3.63) is 60.2 Å². The van der Waals surface area contributed by atoms with Crippen LogP contribution in [-0.4, -0.2) is 30.4 Å². The van der Waals surface area contributed by atoms with Crippen LogP contribution in [0.2, 0.25) is 0 Å². The van der Waals surface area contributed by atoms with Gasteiger partial charge < -0.3 is 15.4 Å². The SMILES string of the molecule is CC(C)C(N)CCN(C)C(=O)c1ccc(Oc2ccccc2)cc1.Cl. The molecule has 0 spiro atoms. The average molecular weight is 363 g/mol. The van der Waals surface area contributed by atoms with E-state index in [9.17, 15) is 4.79 Å². The first kappa shape index (κ1) is 21.0. The van der Waals surface area contributed by atoms with Crippen LogP contribution in [0.1, 0.15) is 30.6 Å². The second-order valence-electron chi connectivity index (χ2n) is 6.36. The summed E-state index contributed by atoms with van der Waals surface area (Å²) in [7, 11) is 1.81. The first-order valence-corrected chi connectivity index (χ1v) is 8.31. The summed E-state index contributed by atoms with van der Waals surface area (Å²) in [4.78, 5) is 14.2. The molecule has 5 heteroatoms. The summed E-state index contributed by atoms with van der Waals surface area (Å²) in [6.07, 6.45) is 0.801. The molecule has 0 aliphatic carbocycles. The Hall–Kier alpha value is -2.04. The Morgan fingerprint density at radius 1 is 1.04 bits per heavy atom. The Labute approximate surface area is 156 Å². The van der Waals surface area contributed by atoms with Crippen molar-refractivity contribution in [2.45, 2.75) is 26.3 Å². The highest BCUT2D eigenvalue weighted by Crippen LogP contribution is 2.21. The van der Waals surface area contributed by atoms with E-state index in [4.69, 9.17) is 10.5 Å². The molecule has 0 bridgehead atoms. The summed E-state index contributed by atoms with van der Waals surface area (Å²) in [5.41, 5.74) is 6.69. The lowest BCUT2D eigenvalue weighted by Gasteiger charge is -2.21. The van der Waals surface area contributed by atoms with E-state index in [0.717, 1.165) is 12.2 Å². The molecule has 2 N–H and O–H groups in total. The van der Waals surface area contributed by atoms with E-state index in [2.05, 4.69) is 13.8 Å². The van der Waals surface area contributed by atoms with Gasteiger partial charge >= 0.3 is 0 Å². The van der Waals surface area contributed by atoms with E-state index in [1.165, 1.54) is 0 Å². The van der Waals surface area contributed by atoms with Crippen LogP contribution < -0.4 is 10.5 Å². The molecule has 0 heterocycles. The zero-order chi connectivity index (χ0) is 17.5.